The summed E-state index contributed by atoms with van der Waals surface area (Å²) in [7, 11) is 0. The van der Waals surface area contributed by atoms with Gasteiger partial charge in [0, 0.05) is 13.0 Å². The van der Waals surface area contributed by atoms with Crippen molar-refractivity contribution in [2.75, 3.05) is 0 Å². The van der Waals surface area contributed by atoms with Gasteiger partial charge in [0.25, 0.3) is 17.4 Å². The van der Waals surface area contributed by atoms with E-state index in [2.05, 4.69) is 15.8 Å². The van der Waals surface area contributed by atoms with E-state index in [0.717, 1.165) is 30.0 Å². The number of hydrogen-bond acceptors (Lipinski definition) is 6. The zero-order valence-corrected chi connectivity index (χ0v) is 15.0. The Balaban J connectivity index is 1.61. The van der Waals surface area contributed by atoms with E-state index in [1.54, 1.807) is 18.4 Å². The summed E-state index contributed by atoms with van der Waals surface area (Å²) in [6, 6.07) is 1.52. The van der Waals surface area contributed by atoms with Crippen LogP contribution >= 0.6 is 11.3 Å². The number of amides is 2. The molecule has 0 spiro atoms. The van der Waals surface area contributed by atoms with Gasteiger partial charge in [0.05, 0.1) is 22.1 Å². The van der Waals surface area contributed by atoms with Crippen LogP contribution < -0.4 is 16.4 Å². The number of hydrogen-bond donors (Lipinski definition) is 2. The Bertz CT molecular complexity index is 1110. The van der Waals surface area contributed by atoms with Gasteiger partial charge in [0.2, 0.25) is 0 Å². The Labute approximate surface area is 151 Å². The number of carbonyl (C=O) groups excluding carboxylic acids is 2. The molecule has 26 heavy (non-hydrogen) atoms. The monoisotopic (exact) mass is 372 g/mol. The molecule has 134 valence electrons. The Kier molecular flexibility index (Phi) is 3.87. The smallest absolute Gasteiger partial charge is 0.280 e. The zero-order chi connectivity index (χ0) is 18.4. The van der Waals surface area contributed by atoms with Crippen LogP contribution in [0.25, 0.3) is 10.2 Å². The van der Waals surface area contributed by atoms with Crippen molar-refractivity contribution in [3.8, 4) is 0 Å². The molecule has 0 saturated heterocycles. The molecule has 4 rings (SSSR count). The highest BCUT2D eigenvalue weighted by Crippen LogP contribution is 2.28. The molecular formula is C17H16N4O4S. The Morgan fingerprint density at radius 2 is 2.04 bits per heavy atom. The maximum absolute atomic E-state index is 12.7. The number of aryl methyl sites for hydroxylation is 3. The van der Waals surface area contributed by atoms with Crippen molar-refractivity contribution in [1.29, 1.82) is 0 Å². The highest BCUT2D eigenvalue weighted by Gasteiger charge is 2.23. The number of nitrogens with zero attached hydrogens (tertiary/aromatic N) is 2. The van der Waals surface area contributed by atoms with Crippen molar-refractivity contribution in [1.82, 2.24) is 20.4 Å². The second kappa shape index (κ2) is 6.10. The number of nitrogens with one attached hydrogen (secondary N) is 2. The van der Waals surface area contributed by atoms with Crippen molar-refractivity contribution in [3.63, 3.8) is 0 Å². The van der Waals surface area contributed by atoms with E-state index < -0.39 is 11.8 Å². The molecule has 9 heteroatoms. The molecule has 4 heterocycles. The van der Waals surface area contributed by atoms with Gasteiger partial charge in [0.1, 0.15) is 16.4 Å². The predicted octanol–water partition coefficient (Wildman–Crippen LogP) is 1.69. The maximum atomic E-state index is 12.7. The van der Waals surface area contributed by atoms with E-state index in [0.29, 0.717) is 38.5 Å². The van der Waals surface area contributed by atoms with Crippen LogP contribution in [0.3, 0.4) is 0 Å². The fraction of sp³-hybridized carbons (Fsp3) is 0.294. The third-order valence-corrected chi connectivity index (χ3v) is 5.70. The van der Waals surface area contributed by atoms with E-state index in [-0.39, 0.29) is 5.56 Å². The van der Waals surface area contributed by atoms with Gasteiger partial charge in [0.15, 0.2) is 0 Å². The first-order valence-corrected chi connectivity index (χ1v) is 8.96. The summed E-state index contributed by atoms with van der Waals surface area (Å²) in [6.45, 7) is 4.04. The number of hydrazine groups is 1. The number of furan rings is 1. The molecule has 0 aromatic carbocycles. The van der Waals surface area contributed by atoms with Crippen LogP contribution in [0.2, 0.25) is 0 Å². The van der Waals surface area contributed by atoms with Crippen LogP contribution in [0, 0.1) is 13.8 Å². The average Bonchev–Trinajstić information content (AvgIpc) is 3.32. The van der Waals surface area contributed by atoms with E-state index in [1.165, 1.54) is 12.3 Å². The van der Waals surface area contributed by atoms with Gasteiger partial charge in [-0.1, -0.05) is 0 Å². The Hall–Kier alpha value is -2.94. The minimum absolute atomic E-state index is 0.103. The van der Waals surface area contributed by atoms with E-state index in [1.807, 2.05) is 0 Å². The highest BCUT2D eigenvalue weighted by molar-refractivity contribution is 7.20. The van der Waals surface area contributed by atoms with Gasteiger partial charge in [-0.2, -0.15) is 0 Å². The van der Waals surface area contributed by atoms with Gasteiger partial charge in [-0.25, -0.2) is 4.98 Å². The van der Waals surface area contributed by atoms with Gasteiger partial charge in [-0.05, 0) is 31.9 Å². The Morgan fingerprint density at radius 1 is 1.27 bits per heavy atom. The van der Waals surface area contributed by atoms with Crippen LogP contribution in [0.1, 0.15) is 43.6 Å². The average molecular weight is 372 g/mol. The first-order chi connectivity index (χ1) is 12.5. The summed E-state index contributed by atoms with van der Waals surface area (Å²) >= 11 is 1.16. The summed E-state index contributed by atoms with van der Waals surface area (Å²) in [5.74, 6) is 0.270. The second-order valence-electron chi connectivity index (χ2n) is 6.12. The minimum atomic E-state index is -0.482. The first-order valence-electron chi connectivity index (χ1n) is 8.15. The molecule has 2 amide bonds. The molecule has 0 atom stereocenters. The highest BCUT2D eigenvalue weighted by atomic mass is 32.1. The quantitative estimate of drug-likeness (QED) is 0.666. The lowest BCUT2D eigenvalue weighted by atomic mass is 10.2. The molecular weight excluding hydrogens is 356 g/mol. The number of thiophene rings is 1. The Morgan fingerprint density at radius 3 is 2.77 bits per heavy atom. The second-order valence-corrected chi connectivity index (χ2v) is 7.12. The van der Waals surface area contributed by atoms with Crippen molar-refractivity contribution in [2.24, 2.45) is 0 Å². The number of rotatable bonds is 2. The van der Waals surface area contributed by atoms with Crippen LogP contribution in [0.4, 0.5) is 0 Å². The molecule has 0 radical (unpaired) electrons. The maximum Gasteiger partial charge on any atom is 0.280 e. The van der Waals surface area contributed by atoms with Crippen molar-refractivity contribution >= 4 is 33.4 Å². The van der Waals surface area contributed by atoms with Crippen LogP contribution in [-0.4, -0.2) is 21.4 Å². The summed E-state index contributed by atoms with van der Waals surface area (Å²) in [6.07, 6.45) is 3.08. The lowest BCUT2D eigenvalue weighted by Gasteiger charge is -2.06. The molecule has 0 aliphatic carbocycles. The molecule has 0 saturated carbocycles. The van der Waals surface area contributed by atoms with E-state index in [9.17, 15) is 14.4 Å². The fourth-order valence-corrected chi connectivity index (χ4v) is 4.24. The van der Waals surface area contributed by atoms with Crippen LogP contribution in [0.5, 0.6) is 0 Å². The minimum Gasteiger partial charge on any atom is -0.469 e. The molecule has 2 N–H and O–H groups in total. The molecule has 3 aromatic heterocycles. The standard InChI is InChI=1S/C17H16N4O4S/c1-8-12-16(18-11-4-3-6-21(11)17(12)24)26-13(8)15(23)20-19-14(22)10-5-7-25-9(10)2/h5,7H,3-4,6H2,1-2H3,(H,19,22)(H,20,23). The molecule has 3 aromatic rings. The first kappa shape index (κ1) is 16.5. The van der Waals surface area contributed by atoms with Gasteiger partial charge in [-0.3, -0.25) is 29.8 Å². The van der Waals surface area contributed by atoms with Crippen molar-refractivity contribution in [2.45, 2.75) is 33.2 Å². The zero-order valence-electron chi connectivity index (χ0n) is 14.2. The van der Waals surface area contributed by atoms with Crippen LogP contribution in [0.15, 0.2) is 21.5 Å². The molecule has 1 aliphatic heterocycles. The predicted molar refractivity (Wildman–Crippen MR) is 95.3 cm³/mol. The van der Waals surface area contributed by atoms with Crippen LogP contribution in [-0.2, 0) is 13.0 Å². The number of carbonyl (C=O) groups is 2. The SMILES string of the molecule is Cc1occc1C(=O)NNC(=O)c1sc2nc3n(c(=O)c2c1C)CCC3. The van der Waals surface area contributed by atoms with E-state index >= 15 is 0 Å². The molecule has 0 unspecified atom stereocenters. The normalized spacial score (nSPS) is 13.0. The number of aromatic nitrogens is 2. The molecule has 1 aliphatic rings. The third kappa shape index (κ3) is 2.51. The third-order valence-electron chi connectivity index (χ3n) is 4.51. The van der Waals surface area contributed by atoms with Crippen molar-refractivity contribution < 1.29 is 14.0 Å². The lowest BCUT2D eigenvalue weighted by Crippen LogP contribution is -2.41. The summed E-state index contributed by atoms with van der Waals surface area (Å²) in [5.41, 5.74) is 5.56. The van der Waals surface area contributed by atoms with Gasteiger partial charge >= 0.3 is 0 Å². The van der Waals surface area contributed by atoms with E-state index in [4.69, 9.17) is 4.42 Å². The topological polar surface area (TPSA) is 106 Å². The summed E-state index contributed by atoms with van der Waals surface area (Å²) < 4.78 is 6.74. The molecule has 0 bridgehead atoms. The van der Waals surface area contributed by atoms with Crippen molar-refractivity contribution in [3.05, 3.63) is 50.3 Å². The summed E-state index contributed by atoms with van der Waals surface area (Å²) in [4.78, 5) is 42.6. The molecule has 8 nitrogen and oxygen atoms in total. The lowest BCUT2D eigenvalue weighted by molar-refractivity contribution is 0.0847. The van der Waals surface area contributed by atoms with Gasteiger partial charge in [-0.15, -0.1) is 11.3 Å². The largest absolute Gasteiger partial charge is 0.469 e. The summed E-state index contributed by atoms with van der Waals surface area (Å²) in [5, 5.41) is 0.475. The van der Waals surface area contributed by atoms with Gasteiger partial charge < -0.3 is 4.42 Å². The number of fused-ring (bicyclic) bond motifs is 2. The molecule has 0 fully saturated rings. The fourth-order valence-electron chi connectivity index (χ4n) is 3.15.